The summed E-state index contributed by atoms with van der Waals surface area (Å²) in [5, 5.41) is 6.62. The van der Waals surface area contributed by atoms with Gasteiger partial charge in [0.2, 0.25) is 5.91 Å². The van der Waals surface area contributed by atoms with Gasteiger partial charge in [0.05, 0.1) is 6.54 Å². The smallest absolute Gasteiger partial charge is 0.234 e. The van der Waals surface area contributed by atoms with E-state index >= 15 is 0 Å². The summed E-state index contributed by atoms with van der Waals surface area (Å²) in [4.78, 5) is 14.2. The summed E-state index contributed by atoms with van der Waals surface area (Å²) in [5.74, 6) is 2.41. The SMILES string of the molecule is CC(C)CNCC1CCCN(CC(=O)NCC2CC2)C1. The van der Waals surface area contributed by atoms with Crippen molar-refractivity contribution >= 4 is 5.91 Å². The molecule has 2 aliphatic rings. The third kappa shape index (κ3) is 6.23. The van der Waals surface area contributed by atoms with Crippen LogP contribution >= 0.6 is 0 Å². The molecule has 1 saturated heterocycles. The summed E-state index contributed by atoms with van der Waals surface area (Å²) in [6.45, 7) is 10.3. The summed E-state index contributed by atoms with van der Waals surface area (Å²) >= 11 is 0. The average Bonchev–Trinajstić information content (AvgIpc) is 3.20. The molecule has 116 valence electrons. The van der Waals surface area contributed by atoms with Crippen LogP contribution in [0, 0.1) is 17.8 Å². The Morgan fingerprint density at radius 2 is 2.00 bits per heavy atom. The van der Waals surface area contributed by atoms with Crippen LogP contribution in [0.2, 0.25) is 0 Å². The van der Waals surface area contributed by atoms with E-state index in [1.54, 1.807) is 0 Å². The summed E-state index contributed by atoms with van der Waals surface area (Å²) < 4.78 is 0. The van der Waals surface area contributed by atoms with Crippen LogP contribution in [-0.4, -0.2) is 50.1 Å². The normalized spacial score (nSPS) is 24.1. The van der Waals surface area contributed by atoms with Gasteiger partial charge in [-0.25, -0.2) is 0 Å². The molecule has 1 atom stereocenters. The number of rotatable bonds is 8. The zero-order chi connectivity index (χ0) is 14.4. The number of piperidine rings is 1. The molecule has 4 heteroatoms. The van der Waals surface area contributed by atoms with Crippen LogP contribution < -0.4 is 10.6 Å². The Balaban J connectivity index is 1.60. The molecular formula is C16H31N3O. The van der Waals surface area contributed by atoms with Crippen molar-refractivity contribution in [3.63, 3.8) is 0 Å². The van der Waals surface area contributed by atoms with Crippen LogP contribution in [-0.2, 0) is 4.79 Å². The van der Waals surface area contributed by atoms with E-state index in [4.69, 9.17) is 0 Å². The Labute approximate surface area is 123 Å². The zero-order valence-corrected chi connectivity index (χ0v) is 13.2. The maximum atomic E-state index is 11.9. The van der Waals surface area contributed by atoms with Crippen molar-refractivity contribution in [3.8, 4) is 0 Å². The Morgan fingerprint density at radius 3 is 2.70 bits per heavy atom. The molecule has 0 aromatic heterocycles. The monoisotopic (exact) mass is 281 g/mol. The molecule has 2 N–H and O–H groups in total. The molecule has 1 saturated carbocycles. The van der Waals surface area contributed by atoms with Crippen LogP contribution in [0.3, 0.4) is 0 Å². The van der Waals surface area contributed by atoms with E-state index in [1.807, 2.05) is 0 Å². The zero-order valence-electron chi connectivity index (χ0n) is 13.2. The predicted molar refractivity (Wildman–Crippen MR) is 82.6 cm³/mol. The summed E-state index contributed by atoms with van der Waals surface area (Å²) in [7, 11) is 0. The molecule has 2 rings (SSSR count). The second kappa shape index (κ2) is 7.99. The first kappa shape index (κ1) is 15.8. The number of amides is 1. The molecule has 0 bridgehead atoms. The fourth-order valence-electron chi connectivity index (χ4n) is 2.88. The molecule has 0 aromatic carbocycles. The number of carbonyl (C=O) groups is 1. The first-order valence-electron chi connectivity index (χ1n) is 8.33. The fourth-order valence-corrected chi connectivity index (χ4v) is 2.88. The molecule has 0 aromatic rings. The minimum atomic E-state index is 0.215. The Hall–Kier alpha value is -0.610. The lowest BCUT2D eigenvalue weighted by atomic mass is 9.98. The maximum absolute atomic E-state index is 11.9. The van der Waals surface area contributed by atoms with Crippen LogP contribution in [0.15, 0.2) is 0 Å². The summed E-state index contributed by atoms with van der Waals surface area (Å²) in [6, 6.07) is 0. The van der Waals surface area contributed by atoms with Crippen LogP contribution in [0.5, 0.6) is 0 Å². The largest absolute Gasteiger partial charge is 0.355 e. The molecule has 0 radical (unpaired) electrons. The van der Waals surface area contributed by atoms with E-state index in [0.29, 0.717) is 18.4 Å². The molecular weight excluding hydrogens is 250 g/mol. The third-order valence-corrected chi connectivity index (χ3v) is 4.24. The van der Waals surface area contributed by atoms with Gasteiger partial charge < -0.3 is 10.6 Å². The minimum Gasteiger partial charge on any atom is -0.355 e. The topological polar surface area (TPSA) is 44.4 Å². The first-order chi connectivity index (χ1) is 9.63. The molecule has 0 spiro atoms. The van der Waals surface area contributed by atoms with Gasteiger partial charge in [-0.2, -0.15) is 0 Å². The van der Waals surface area contributed by atoms with E-state index < -0.39 is 0 Å². The van der Waals surface area contributed by atoms with Crippen molar-refractivity contribution in [2.45, 2.75) is 39.5 Å². The molecule has 1 heterocycles. The number of nitrogens with zero attached hydrogens (tertiary/aromatic N) is 1. The highest BCUT2D eigenvalue weighted by molar-refractivity contribution is 5.78. The van der Waals surface area contributed by atoms with Gasteiger partial charge in [0.1, 0.15) is 0 Å². The van der Waals surface area contributed by atoms with Crippen molar-refractivity contribution in [2.75, 3.05) is 39.3 Å². The third-order valence-electron chi connectivity index (χ3n) is 4.24. The summed E-state index contributed by atoms with van der Waals surface area (Å²) in [5.41, 5.74) is 0. The van der Waals surface area contributed by atoms with Gasteiger partial charge in [-0.15, -0.1) is 0 Å². The number of carbonyl (C=O) groups excluding carboxylic acids is 1. The van der Waals surface area contributed by atoms with E-state index in [1.165, 1.54) is 25.7 Å². The minimum absolute atomic E-state index is 0.215. The van der Waals surface area contributed by atoms with Gasteiger partial charge in [-0.05, 0) is 63.1 Å². The molecule has 1 amide bonds. The lowest BCUT2D eigenvalue weighted by Crippen LogP contribution is -2.45. The number of hydrogen-bond acceptors (Lipinski definition) is 3. The van der Waals surface area contributed by atoms with Crippen molar-refractivity contribution in [3.05, 3.63) is 0 Å². The predicted octanol–water partition coefficient (Wildman–Crippen LogP) is 1.47. The standard InChI is InChI=1S/C16H31N3O/c1-13(2)8-17-9-15-4-3-7-19(11-15)12-16(20)18-10-14-5-6-14/h13-15,17H,3-12H2,1-2H3,(H,18,20). The van der Waals surface area contributed by atoms with Crippen molar-refractivity contribution in [1.82, 2.24) is 15.5 Å². The lowest BCUT2D eigenvalue weighted by molar-refractivity contribution is -0.122. The maximum Gasteiger partial charge on any atom is 0.234 e. The average molecular weight is 281 g/mol. The molecule has 4 nitrogen and oxygen atoms in total. The van der Waals surface area contributed by atoms with E-state index in [-0.39, 0.29) is 5.91 Å². The molecule has 20 heavy (non-hydrogen) atoms. The Morgan fingerprint density at radius 1 is 1.20 bits per heavy atom. The van der Waals surface area contributed by atoms with Gasteiger partial charge in [-0.1, -0.05) is 13.8 Å². The fraction of sp³-hybridized carbons (Fsp3) is 0.938. The van der Waals surface area contributed by atoms with Crippen molar-refractivity contribution < 1.29 is 4.79 Å². The first-order valence-corrected chi connectivity index (χ1v) is 8.33. The van der Waals surface area contributed by atoms with E-state index in [0.717, 1.165) is 38.6 Å². The summed E-state index contributed by atoms with van der Waals surface area (Å²) in [6.07, 6.45) is 5.12. The highest BCUT2D eigenvalue weighted by atomic mass is 16.2. The lowest BCUT2D eigenvalue weighted by Gasteiger charge is -2.32. The van der Waals surface area contributed by atoms with E-state index in [9.17, 15) is 4.79 Å². The molecule has 1 unspecified atom stereocenters. The molecule has 2 fully saturated rings. The number of hydrogen-bond donors (Lipinski definition) is 2. The molecule has 1 aliphatic heterocycles. The van der Waals surface area contributed by atoms with E-state index in [2.05, 4.69) is 29.4 Å². The van der Waals surface area contributed by atoms with Crippen LogP contribution in [0.25, 0.3) is 0 Å². The van der Waals surface area contributed by atoms with Crippen LogP contribution in [0.1, 0.15) is 39.5 Å². The second-order valence-corrected chi connectivity index (χ2v) is 7.04. The highest BCUT2D eigenvalue weighted by Crippen LogP contribution is 2.27. The van der Waals surface area contributed by atoms with Gasteiger partial charge >= 0.3 is 0 Å². The Kier molecular flexibility index (Phi) is 6.30. The Bertz CT molecular complexity index is 302. The number of likely N-dealkylation sites (tertiary alicyclic amines) is 1. The second-order valence-electron chi connectivity index (χ2n) is 7.04. The number of nitrogens with one attached hydrogen (secondary N) is 2. The van der Waals surface area contributed by atoms with Gasteiger partial charge in [0.15, 0.2) is 0 Å². The van der Waals surface area contributed by atoms with Crippen molar-refractivity contribution in [2.24, 2.45) is 17.8 Å². The van der Waals surface area contributed by atoms with Crippen molar-refractivity contribution in [1.29, 1.82) is 0 Å². The van der Waals surface area contributed by atoms with Crippen LogP contribution in [0.4, 0.5) is 0 Å². The quantitative estimate of drug-likeness (QED) is 0.708. The molecule has 1 aliphatic carbocycles. The van der Waals surface area contributed by atoms with Gasteiger partial charge in [0.25, 0.3) is 0 Å². The van der Waals surface area contributed by atoms with Gasteiger partial charge in [-0.3, -0.25) is 9.69 Å². The highest BCUT2D eigenvalue weighted by Gasteiger charge is 2.24. The van der Waals surface area contributed by atoms with Gasteiger partial charge in [0, 0.05) is 13.1 Å².